The van der Waals surface area contributed by atoms with E-state index < -0.39 is 17.0 Å². The maximum absolute atomic E-state index is 13.8. The van der Waals surface area contributed by atoms with Crippen molar-refractivity contribution in [3.05, 3.63) is 105 Å². The largest absolute Gasteiger partial charge is 0.497 e. The average Bonchev–Trinajstić information content (AvgIpc) is 3.29. The predicted octanol–water partition coefficient (Wildman–Crippen LogP) is 3.97. The van der Waals surface area contributed by atoms with Crippen LogP contribution in [0.2, 0.25) is 0 Å². The van der Waals surface area contributed by atoms with Crippen LogP contribution in [0.4, 0.5) is 5.69 Å². The van der Waals surface area contributed by atoms with Gasteiger partial charge in [-0.05, 0) is 34.9 Å². The Hall–Kier alpha value is -4.66. The number of aromatic amines is 1. The Morgan fingerprint density at radius 1 is 1.05 bits per heavy atom. The van der Waals surface area contributed by atoms with Gasteiger partial charge in [-0.2, -0.15) is 0 Å². The van der Waals surface area contributed by atoms with E-state index in [4.69, 9.17) is 4.74 Å². The van der Waals surface area contributed by atoms with Crippen LogP contribution in [0.3, 0.4) is 0 Å². The summed E-state index contributed by atoms with van der Waals surface area (Å²) in [5, 5.41) is 12.5. The molecule has 0 radical (unpaired) electrons. The molecule has 9 heteroatoms. The Kier molecular flexibility index (Phi) is 5.40. The zero-order valence-corrected chi connectivity index (χ0v) is 20.1. The molecule has 0 unspecified atom stereocenters. The normalized spacial score (nSPS) is 19.1. The summed E-state index contributed by atoms with van der Waals surface area (Å²) in [7, 11) is 1.59. The number of methoxy groups -OCH3 is 1. The summed E-state index contributed by atoms with van der Waals surface area (Å²) in [5.41, 5.74) is 4.08. The number of fused-ring (bicyclic) bond motifs is 4. The molecule has 6 rings (SSSR count). The van der Waals surface area contributed by atoms with E-state index in [1.165, 1.54) is 12.1 Å². The van der Waals surface area contributed by atoms with Gasteiger partial charge < -0.3 is 19.5 Å². The highest BCUT2D eigenvalue weighted by atomic mass is 16.6. The molecule has 0 saturated carbocycles. The van der Waals surface area contributed by atoms with Crippen LogP contribution in [0, 0.1) is 10.1 Å². The second-order valence-corrected chi connectivity index (χ2v) is 9.38. The summed E-state index contributed by atoms with van der Waals surface area (Å²) >= 11 is 0. The van der Waals surface area contributed by atoms with Crippen molar-refractivity contribution in [2.45, 2.75) is 25.0 Å². The maximum Gasteiger partial charge on any atom is 0.269 e. The van der Waals surface area contributed by atoms with Crippen molar-refractivity contribution in [1.29, 1.82) is 0 Å². The number of nitro groups is 1. The fourth-order valence-electron chi connectivity index (χ4n) is 5.56. The van der Waals surface area contributed by atoms with E-state index in [-0.39, 0.29) is 24.0 Å². The van der Waals surface area contributed by atoms with Crippen LogP contribution in [0.5, 0.6) is 5.75 Å². The summed E-state index contributed by atoms with van der Waals surface area (Å²) in [4.78, 5) is 45.2. The Balaban J connectivity index is 1.43. The van der Waals surface area contributed by atoms with Crippen LogP contribution in [-0.4, -0.2) is 51.2 Å². The Morgan fingerprint density at radius 3 is 2.59 bits per heavy atom. The average molecular weight is 497 g/mol. The third kappa shape index (κ3) is 3.79. The number of ether oxygens (including phenoxy) is 1. The number of nitrogens with one attached hydrogen (secondary N) is 1. The van der Waals surface area contributed by atoms with Crippen molar-refractivity contribution in [3.63, 3.8) is 0 Å². The van der Waals surface area contributed by atoms with Gasteiger partial charge in [-0.3, -0.25) is 19.7 Å². The zero-order chi connectivity index (χ0) is 25.7. The van der Waals surface area contributed by atoms with Crippen molar-refractivity contribution < 1.29 is 19.2 Å². The first-order valence-corrected chi connectivity index (χ1v) is 12.0. The first-order valence-electron chi connectivity index (χ1n) is 12.0. The van der Waals surface area contributed by atoms with Gasteiger partial charge in [0.25, 0.3) is 5.69 Å². The molecule has 1 fully saturated rings. The van der Waals surface area contributed by atoms with Gasteiger partial charge in [0, 0.05) is 41.7 Å². The first kappa shape index (κ1) is 22.8. The second-order valence-electron chi connectivity index (χ2n) is 9.38. The number of para-hydroxylation sites is 1. The smallest absolute Gasteiger partial charge is 0.269 e. The van der Waals surface area contributed by atoms with E-state index in [0.29, 0.717) is 18.5 Å². The highest BCUT2D eigenvalue weighted by Gasteiger charge is 2.48. The molecule has 186 valence electrons. The fraction of sp³-hybridized carbons (Fsp3) is 0.214. The van der Waals surface area contributed by atoms with Crippen LogP contribution in [0.25, 0.3) is 10.9 Å². The number of carbonyl (C=O) groups is 2. The fourth-order valence-corrected chi connectivity index (χ4v) is 5.56. The molecule has 2 amide bonds. The van der Waals surface area contributed by atoms with E-state index in [0.717, 1.165) is 33.5 Å². The van der Waals surface area contributed by atoms with Gasteiger partial charge in [0.2, 0.25) is 11.8 Å². The summed E-state index contributed by atoms with van der Waals surface area (Å²) < 4.78 is 5.22. The minimum absolute atomic E-state index is 0.0609. The topological polar surface area (TPSA) is 109 Å². The highest BCUT2D eigenvalue weighted by molar-refractivity contribution is 5.97. The molecule has 3 aromatic carbocycles. The van der Waals surface area contributed by atoms with Gasteiger partial charge in [0.15, 0.2) is 0 Å². The molecular weight excluding hydrogens is 472 g/mol. The lowest BCUT2D eigenvalue weighted by Gasteiger charge is -2.47. The summed E-state index contributed by atoms with van der Waals surface area (Å²) in [6, 6.07) is 20.2. The number of hydrogen-bond donors (Lipinski definition) is 1. The molecule has 9 nitrogen and oxygen atoms in total. The van der Waals surface area contributed by atoms with Crippen LogP contribution in [0.15, 0.2) is 72.8 Å². The number of carbonyl (C=O) groups excluding carboxylic acids is 2. The molecule has 2 aliphatic rings. The number of non-ortho nitro benzene ring substituents is 1. The van der Waals surface area contributed by atoms with E-state index in [9.17, 15) is 19.7 Å². The van der Waals surface area contributed by atoms with E-state index in [1.807, 2.05) is 48.5 Å². The summed E-state index contributed by atoms with van der Waals surface area (Å²) in [5.74, 6) is 0.385. The number of benzene rings is 3. The molecule has 2 atom stereocenters. The molecule has 4 aromatic rings. The molecule has 2 aliphatic heterocycles. The number of nitro benzene ring substituents is 1. The Labute approximate surface area is 212 Å². The number of hydrogen-bond acceptors (Lipinski definition) is 5. The molecule has 37 heavy (non-hydrogen) atoms. The lowest BCUT2D eigenvalue weighted by molar-refractivity contribution is -0.384. The molecule has 0 spiro atoms. The second kappa shape index (κ2) is 8.77. The maximum atomic E-state index is 13.8. The minimum atomic E-state index is -0.713. The van der Waals surface area contributed by atoms with Crippen LogP contribution in [0.1, 0.15) is 28.4 Å². The number of aromatic nitrogens is 1. The van der Waals surface area contributed by atoms with E-state index in [2.05, 4.69) is 4.98 Å². The lowest BCUT2D eigenvalue weighted by atomic mass is 9.86. The molecular formula is C28H24N4O5. The van der Waals surface area contributed by atoms with Crippen LogP contribution < -0.4 is 4.74 Å². The lowest BCUT2D eigenvalue weighted by Crippen LogP contribution is -2.62. The Morgan fingerprint density at radius 2 is 1.84 bits per heavy atom. The SMILES string of the molecule is COc1ccc(CN2CC(=O)N3[C@H](c4cccc([N+](=O)[O-])c4)c4[nH]c5ccccc5c4C[C@@H]3C2=O)cc1. The van der Waals surface area contributed by atoms with Gasteiger partial charge in [-0.15, -0.1) is 0 Å². The number of H-pyrrole nitrogens is 1. The Bertz CT molecular complexity index is 1540. The molecule has 0 aliphatic carbocycles. The minimum Gasteiger partial charge on any atom is -0.497 e. The molecule has 1 N–H and O–H groups in total. The third-order valence-corrected chi connectivity index (χ3v) is 7.27. The van der Waals surface area contributed by atoms with Crippen molar-refractivity contribution in [3.8, 4) is 5.75 Å². The van der Waals surface area contributed by atoms with Crippen molar-refractivity contribution in [2.24, 2.45) is 0 Å². The van der Waals surface area contributed by atoms with Crippen molar-refractivity contribution >= 4 is 28.4 Å². The first-order chi connectivity index (χ1) is 17.9. The van der Waals surface area contributed by atoms with E-state index >= 15 is 0 Å². The standard InChI is InChI=1S/C28H24N4O5/c1-37-20-11-9-17(10-12-20)15-30-16-25(33)31-24(28(30)34)14-22-21-7-2-3-8-23(21)29-26(22)27(31)18-5-4-6-19(13-18)32(35)36/h2-13,24,27,29H,14-16H2,1H3/t24-,27-/m1/s1. The summed E-state index contributed by atoms with van der Waals surface area (Å²) in [6.45, 7) is 0.240. The van der Waals surface area contributed by atoms with Gasteiger partial charge in [0.05, 0.1) is 18.1 Å². The van der Waals surface area contributed by atoms with Gasteiger partial charge >= 0.3 is 0 Å². The van der Waals surface area contributed by atoms with Crippen LogP contribution in [-0.2, 0) is 22.6 Å². The van der Waals surface area contributed by atoms with Crippen molar-refractivity contribution in [1.82, 2.24) is 14.8 Å². The molecule has 1 aromatic heterocycles. The number of amides is 2. The zero-order valence-electron chi connectivity index (χ0n) is 20.1. The van der Waals surface area contributed by atoms with Gasteiger partial charge in [-0.1, -0.05) is 42.5 Å². The molecule has 3 heterocycles. The van der Waals surface area contributed by atoms with Gasteiger partial charge in [0.1, 0.15) is 18.3 Å². The monoisotopic (exact) mass is 496 g/mol. The number of piperazine rings is 1. The number of nitrogens with zero attached hydrogens (tertiary/aromatic N) is 3. The molecule has 0 bridgehead atoms. The van der Waals surface area contributed by atoms with Crippen LogP contribution >= 0.6 is 0 Å². The van der Waals surface area contributed by atoms with Gasteiger partial charge in [-0.25, -0.2) is 0 Å². The number of rotatable bonds is 5. The highest BCUT2D eigenvalue weighted by Crippen LogP contribution is 2.43. The quantitative estimate of drug-likeness (QED) is 0.332. The third-order valence-electron chi connectivity index (χ3n) is 7.27. The van der Waals surface area contributed by atoms with Crippen molar-refractivity contribution in [2.75, 3.05) is 13.7 Å². The molecule has 1 saturated heterocycles. The summed E-state index contributed by atoms with van der Waals surface area (Å²) in [6.07, 6.45) is 0.370. The van der Waals surface area contributed by atoms with E-state index in [1.54, 1.807) is 29.0 Å². The predicted molar refractivity (Wildman–Crippen MR) is 136 cm³/mol.